The summed E-state index contributed by atoms with van der Waals surface area (Å²) in [5.41, 5.74) is 2.75. The molecule has 2 heteroatoms. The van der Waals surface area contributed by atoms with Crippen molar-refractivity contribution in [2.75, 3.05) is 20.2 Å². The van der Waals surface area contributed by atoms with Gasteiger partial charge in [0.2, 0.25) is 0 Å². The van der Waals surface area contributed by atoms with E-state index in [1.807, 2.05) is 0 Å². The van der Waals surface area contributed by atoms with E-state index < -0.39 is 0 Å². The van der Waals surface area contributed by atoms with Gasteiger partial charge in [-0.25, -0.2) is 0 Å². The fraction of sp³-hybridized carbons (Fsp3) is 0.667. The van der Waals surface area contributed by atoms with E-state index in [0.29, 0.717) is 5.92 Å². The minimum absolute atomic E-state index is 0.0349. The van der Waals surface area contributed by atoms with E-state index >= 15 is 0 Å². The van der Waals surface area contributed by atoms with Gasteiger partial charge in [-0.15, -0.1) is 0 Å². The standard InChI is InChI=1S/C18H31NO/c1-6-12-19-14-17(10-11-18(3,4)20-5)16-9-7-8-15(2)13-16/h7-9,13,17,19H,6,10-12,14H2,1-5H3. The molecule has 0 spiro atoms. The monoisotopic (exact) mass is 277 g/mol. The Morgan fingerprint density at radius 2 is 2.05 bits per heavy atom. The highest BCUT2D eigenvalue weighted by Crippen LogP contribution is 2.26. The van der Waals surface area contributed by atoms with Gasteiger partial charge >= 0.3 is 0 Å². The van der Waals surface area contributed by atoms with Gasteiger partial charge in [0.05, 0.1) is 5.60 Å². The average Bonchev–Trinajstić information content (AvgIpc) is 2.42. The van der Waals surface area contributed by atoms with E-state index in [4.69, 9.17) is 4.74 Å². The Hall–Kier alpha value is -0.860. The van der Waals surface area contributed by atoms with Gasteiger partial charge in [-0.2, -0.15) is 0 Å². The molecule has 0 bridgehead atoms. The molecule has 1 N–H and O–H groups in total. The van der Waals surface area contributed by atoms with Crippen molar-refractivity contribution in [3.8, 4) is 0 Å². The summed E-state index contributed by atoms with van der Waals surface area (Å²) in [6.07, 6.45) is 3.42. The van der Waals surface area contributed by atoms with Gasteiger partial charge in [-0.05, 0) is 58.1 Å². The largest absolute Gasteiger partial charge is 0.379 e. The lowest BCUT2D eigenvalue weighted by Crippen LogP contribution is -2.27. The van der Waals surface area contributed by atoms with Crippen LogP contribution < -0.4 is 5.32 Å². The number of hydrogen-bond donors (Lipinski definition) is 1. The topological polar surface area (TPSA) is 21.3 Å². The highest BCUT2D eigenvalue weighted by atomic mass is 16.5. The first-order chi connectivity index (χ1) is 9.48. The molecule has 1 rings (SSSR count). The minimum Gasteiger partial charge on any atom is -0.379 e. The van der Waals surface area contributed by atoms with Gasteiger partial charge in [0, 0.05) is 13.7 Å². The zero-order chi connectivity index (χ0) is 15.0. The summed E-state index contributed by atoms with van der Waals surface area (Å²) < 4.78 is 5.55. The van der Waals surface area contributed by atoms with E-state index in [9.17, 15) is 0 Å². The maximum atomic E-state index is 5.55. The Bertz CT molecular complexity index is 387. The zero-order valence-corrected chi connectivity index (χ0v) is 13.8. The zero-order valence-electron chi connectivity index (χ0n) is 13.8. The van der Waals surface area contributed by atoms with Crippen LogP contribution in [0, 0.1) is 6.92 Å². The molecule has 1 atom stereocenters. The van der Waals surface area contributed by atoms with E-state index in [2.05, 4.69) is 57.3 Å². The molecule has 0 heterocycles. The Morgan fingerprint density at radius 1 is 1.30 bits per heavy atom. The van der Waals surface area contributed by atoms with Crippen LogP contribution in [0.25, 0.3) is 0 Å². The molecule has 114 valence electrons. The first-order valence-electron chi connectivity index (χ1n) is 7.81. The van der Waals surface area contributed by atoms with Crippen molar-refractivity contribution in [2.24, 2.45) is 0 Å². The van der Waals surface area contributed by atoms with Crippen LogP contribution in [0.5, 0.6) is 0 Å². The molecule has 0 amide bonds. The Balaban J connectivity index is 2.69. The number of benzene rings is 1. The quantitative estimate of drug-likeness (QED) is 0.680. The van der Waals surface area contributed by atoms with Crippen LogP contribution in [0.15, 0.2) is 24.3 Å². The second kappa shape index (κ2) is 8.43. The van der Waals surface area contributed by atoms with E-state index in [1.165, 1.54) is 17.5 Å². The second-order valence-electron chi connectivity index (χ2n) is 6.32. The smallest absolute Gasteiger partial charge is 0.0623 e. The van der Waals surface area contributed by atoms with Crippen molar-refractivity contribution >= 4 is 0 Å². The molecule has 2 nitrogen and oxygen atoms in total. The number of nitrogens with one attached hydrogen (secondary N) is 1. The van der Waals surface area contributed by atoms with Crippen molar-refractivity contribution < 1.29 is 4.74 Å². The SMILES string of the molecule is CCCNCC(CCC(C)(C)OC)c1cccc(C)c1. The predicted molar refractivity (Wildman–Crippen MR) is 87.4 cm³/mol. The first kappa shape index (κ1) is 17.2. The maximum absolute atomic E-state index is 5.55. The van der Waals surface area contributed by atoms with Crippen LogP contribution in [0.1, 0.15) is 57.1 Å². The fourth-order valence-electron chi connectivity index (χ4n) is 2.39. The number of rotatable bonds is 9. The van der Waals surface area contributed by atoms with Crippen molar-refractivity contribution in [1.82, 2.24) is 5.32 Å². The van der Waals surface area contributed by atoms with Crippen LogP contribution in [0.2, 0.25) is 0 Å². The molecule has 0 aliphatic heterocycles. The van der Waals surface area contributed by atoms with E-state index in [0.717, 1.165) is 25.9 Å². The molecule has 0 radical (unpaired) electrons. The molecule has 0 saturated carbocycles. The van der Waals surface area contributed by atoms with E-state index in [1.54, 1.807) is 7.11 Å². The number of aryl methyl sites for hydroxylation is 1. The normalized spacial score (nSPS) is 13.4. The molecule has 0 fully saturated rings. The first-order valence-corrected chi connectivity index (χ1v) is 7.81. The van der Waals surface area contributed by atoms with Crippen LogP contribution >= 0.6 is 0 Å². The molecule has 0 saturated heterocycles. The summed E-state index contributed by atoms with van der Waals surface area (Å²) >= 11 is 0. The molecule has 1 unspecified atom stereocenters. The van der Waals surface area contributed by atoms with Crippen molar-refractivity contribution in [3.63, 3.8) is 0 Å². The van der Waals surface area contributed by atoms with Crippen molar-refractivity contribution in [3.05, 3.63) is 35.4 Å². The summed E-state index contributed by atoms with van der Waals surface area (Å²) in [4.78, 5) is 0. The van der Waals surface area contributed by atoms with Crippen LogP contribution in [0.3, 0.4) is 0 Å². The second-order valence-corrected chi connectivity index (χ2v) is 6.32. The average molecular weight is 277 g/mol. The van der Waals surface area contributed by atoms with Gasteiger partial charge < -0.3 is 10.1 Å². The summed E-state index contributed by atoms with van der Waals surface area (Å²) in [5, 5.41) is 3.57. The van der Waals surface area contributed by atoms with E-state index in [-0.39, 0.29) is 5.60 Å². The number of hydrogen-bond acceptors (Lipinski definition) is 2. The molecule has 1 aromatic carbocycles. The van der Waals surface area contributed by atoms with Crippen molar-refractivity contribution in [1.29, 1.82) is 0 Å². The number of methoxy groups -OCH3 is 1. The lowest BCUT2D eigenvalue weighted by atomic mass is 9.89. The molecule has 0 aliphatic carbocycles. The predicted octanol–water partition coefficient (Wildman–Crippen LogP) is 4.28. The fourth-order valence-corrected chi connectivity index (χ4v) is 2.39. The van der Waals surface area contributed by atoms with Gasteiger partial charge in [-0.1, -0.05) is 36.8 Å². The third-order valence-electron chi connectivity index (χ3n) is 3.98. The highest BCUT2D eigenvalue weighted by Gasteiger charge is 2.20. The van der Waals surface area contributed by atoms with Gasteiger partial charge in [0.15, 0.2) is 0 Å². The molecule has 20 heavy (non-hydrogen) atoms. The minimum atomic E-state index is -0.0349. The summed E-state index contributed by atoms with van der Waals surface area (Å²) in [7, 11) is 1.80. The van der Waals surface area contributed by atoms with Crippen molar-refractivity contribution in [2.45, 2.75) is 58.5 Å². The Kier molecular flexibility index (Phi) is 7.25. The molecule has 0 aliphatic rings. The van der Waals surface area contributed by atoms with Crippen LogP contribution in [-0.4, -0.2) is 25.8 Å². The summed E-state index contributed by atoms with van der Waals surface area (Å²) in [6.45, 7) is 10.9. The number of ether oxygens (including phenoxy) is 1. The van der Waals surface area contributed by atoms with Gasteiger partial charge in [-0.3, -0.25) is 0 Å². The molecule has 0 aromatic heterocycles. The van der Waals surface area contributed by atoms with Crippen LogP contribution in [0.4, 0.5) is 0 Å². The van der Waals surface area contributed by atoms with Gasteiger partial charge in [0.1, 0.15) is 0 Å². The third kappa shape index (κ3) is 6.06. The van der Waals surface area contributed by atoms with Crippen LogP contribution in [-0.2, 0) is 4.74 Å². The Morgan fingerprint density at radius 3 is 2.65 bits per heavy atom. The molecular formula is C18H31NO. The van der Waals surface area contributed by atoms with Gasteiger partial charge in [0.25, 0.3) is 0 Å². The Labute approximate surface area is 124 Å². The lowest BCUT2D eigenvalue weighted by molar-refractivity contribution is 0.0124. The molecular weight excluding hydrogens is 246 g/mol. The lowest BCUT2D eigenvalue weighted by Gasteiger charge is -2.26. The summed E-state index contributed by atoms with van der Waals surface area (Å²) in [6, 6.07) is 8.90. The highest BCUT2D eigenvalue weighted by molar-refractivity contribution is 5.25. The third-order valence-corrected chi connectivity index (χ3v) is 3.98. The summed E-state index contributed by atoms with van der Waals surface area (Å²) in [5.74, 6) is 0.566. The maximum Gasteiger partial charge on any atom is 0.0623 e. The molecule has 1 aromatic rings.